The lowest BCUT2D eigenvalue weighted by Gasteiger charge is -2.08. The summed E-state index contributed by atoms with van der Waals surface area (Å²) in [5.74, 6) is -2.11. The Kier molecular flexibility index (Phi) is 3.91. The number of rotatable bonds is 3. The van der Waals surface area contributed by atoms with E-state index in [2.05, 4.69) is 5.32 Å². The van der Waals surface area contributed by atoms with Crippen LogP contribution in [0.15, 0.2) is 42.5 Å². The molecule has 0 bridgehead atoms. The van der Waals surface area contributed by atoms with Crippen molar-refractivity contribution in [2.75, 3.05) is 5.32 Å². The topological polar surface area (TPSA) is 86.6 Å². The summed E-state index contributed by atoms with van der Waals surface area (Å²) in [6.45, 7) is 0. The van der Waals surface area contributed by atoms with Crippen LogP contribution in [-0.4, -0.2) is 22.1 Å². The summed E-state index contributed by atoms with van der Waals surface area (Å²) in [5, 5.41) is 21.2. The van der Waals surface area contributed by atoms with Crippen molar-refractivity contribution in [3.05, 3.63) is 58.6 Å². The van der Waals surface area contributed by atoms with Gasteiger partial charge in [0.05, 0.1) is 10.6 Å². The molecule has 2 rings (SSSR count). The molecule has 0 saturated carbocycles. The predicted molar refractivity (Wildman–Crippen MR) is 74.5 cm³/mol. The molecule has 2 aromatic rings. The molecule has 3 N–H and O–H groups in total. The van der Waals surface area contributed by atoms with Gasteiger partial charge < -0.3 is 15.5 Å². The molecule has 20 heavy (non-hydrogen) atoms. The molecule has 0 heterocycles. The zero-order valence-electron chi connectivity index (χ0n) is 10.1. The maximum Gasteiger partial charge on any atom is 0.339 e. The van der Waals surface area contributed by atoms with E-state index in [-0.39, 0.29) is 16.8 Å². The summed E-state index contributed by atoms with van der Waals surface area (Å²) >= 11 is 5.90. The molecule has 6 heteroatoms. The van der Waals surface area contributed by atoms with Crippen molar-refractivity contribution in [3.63, 3.8) is 0 Å². The molecule has 5 nitrogen and oxygen atoms in total. The quantitative estimate of drug-likeness (QED) is 0.811. The summed E-state index contributed by atoms with van der Waals surface area (Å²) in [6, 6.07) is 10.3. The molecule has 0 aromatic heterocycles. The first-order valence-electron chi connectivity index (χ1n) is 5.61. The number of anilines is 1. The van der Waals surface area contributed by atoms with Crippen LogP contribution in [0, 0.1) is 0 Å². The number of benzene rings is 2. The van der Waals surface area contributed by atoms with Crippen LogP contribution in [0.25, 0.3) is 0 Å². The Hall–Kier alpha value is -2.53. The van der Waals surface area contributed by atoms with Crippen molar-refractivity contribution >= 4 is 29.2 Å². The number of phenols is 1. The fourth-order valence-electron chi connectivity index (χ4n) is 1.63. The minimum absolute atomic E-state index is 0.235. The van der Waals surface area contributed by atoms with E-state index in [4.69, 9.17) is 16.7 Å². The van der Waals surface area contributed by atoms with Gasteiger partial charge in [-0.25, -0.2) is 4.79 Å². The third kappa shape index (κ3) is 2.89. The maximum absolute atomic E-state index is 12.0. The Morgan fingerprint density at radius 2 is 1.75 bits per heavy atom. The van der Waals surface area contributed by atoms with Crippen LogP contribution in [0.2, 0.25) is 5.02 Å². The average molecular weight is 292 g/mol. The van der Waals surface area contributed by atoms with Crippen LogP contribution in [0.3, 0.4) is 0 Å². The molecule has 0 spiro atoms. The molecular weight excluding hydrogens is 282 g/mol. The van der Waals surface area contributed by atoms with Crippen LogP contribution < -0.4 is 5.32 Å². The second kappa shape index (κ2) is 5.63. The van der Waals surface area contributed by atoms with Gasteiger partial charge in [0.25, 0.3) is 5.91 Å². The molecule has 0 fully saturated rings. The third-order valence-corrected chi connectivity index (χ3v) is 2.93. The Bertz CT molecular complexity index is 685. The van der Waals surface area contributed by atoms with Gasteiger partial charge in [-0.1, -0.05) is 23.7 Å². The largest absolute Gasteiger partial charge is 0.507 e. The molecule has 0 atom stereocenters. The second-order valence-electron chi connectivity index (χ2n) is 3.97. The number of nitrogens with one attached hydrogen (secondary N) is 1. The molecule has 0 radical (unpaired) electrons. The van der Waals surface area contributed by atoms with Crippen LogP contribution >= 0.6 is 11.6 Å². The van der Waals surface area contributed by atoms with Crippen molar-refractivity contribution in [3.8, 4) is 5.75 Å². The number of carboxylic acids is 1. The maximum atomic E-state index is 12.0. The van der Waals surface area contributed by atoms with Gasteiger partial charge in [0.15, 0.2) is 0 Å². The van der Waals surface area contributed by atoms with Gasteiger partial charge in [-0.3, -0.25) is 4.79 Å². The van der Waals surface area contributed by atoms with Crippen LogP contribution in [0.1, 0.15) is 20.7 Å². The Morgan fingerprint density at radius 3 is 2.35 bits per heavy atom. The zero-order chi connectivity index (χ0) is 14.7. The molecular formula is C14H10ClNO4. The predicted octanol–water partition coefficient (Wildman–Crippen LogP) is 3.00. The van der Waals surface area contributed by atoms with Crippen LogP contribution in [0.5, 0.6) is 5.75 Å². The van der Waals surface area contributed by atoms with Crippen LogP contribution in [0.4, 0.5) is 5.69 Å². The standard InChI is InChI=1S/C14H10ClNO4/c15-11-4-2-1-3-9(11)13(18)16-8-5-6-10(14(19)20)12(17)7-8/h1-7,17H,(H,16,18)(H,19,20). The lowest BCUT2D eigenvalue weighted by molar-refractivity contribution is 0.0693. The van der Waals surface area contributed by atoms with E-state index in [1.807, 2.05) is 0 Å². The van der Waals surface area contributed by atoms with Crippen LogP contribution in [-0.2, 0) is 0 Å². The fraction of sp³-hybridized carbons (Fsp3) is 0. The molecule has 0 aliphatic carbocycles. The average Bonchev–Trinajstić information content (AvgIpc) is 2.38. The Morgan fingerprint density at radius 1 is 1.05 bits per heavy atom. The van der Waals surface area contributed by atoms with Gasteiger partial charge in [-0.2, -0.15) is 0 Å². The highest BCUT2D eigenvalue weighted by Gasteiger charge is 2.13. The van der Waals surface area contributed by atoms with E-state index < -0.39 is 17.6 Å². The highest BCUT2D eigenvalue weighted by Crippen LogP contribution is 2.23. The first kappa shape index (κ1) is 13.9. The first-order valence-corrected chi connectivity index (χ1v) is 5.99. The lowest BCUT2D eigenvalue weighted by atomic mass is 10.1. The smallest absolute Gasteiger partial charge is 0.339 e. The number of aromatic hydroxyl groups is 1. The number of carbonyl (C=O) groups is 2. The fourth-order valence-corrected chi connectivity index (χ4v) is 1.86. The number of hydrogen-bond donors (Lipinski definition) is 3. The first-order chi connectivity index (χ1) is 9.49. The van der Waals surface area contributed by atoms with Crippen molar-refractivity contribution in [2.24, 2.45) is 0 Å². The molecule has 0 unspecified atom stereocenters. The number of halogens is 1. The summed E-state index contributed by atoms with van der Waals surface area (Å²) in [6.07, 6.45) is 0. The zero-order valence-corrected chi connectivity index (χ0v) is 10.9. The van der Waals surface area contributed by atoms with E-state index in [0.29, 0.717) is 5.02 Å². The highest BCUT2D eigenvalue weighted by molar-refractivity contribution is 6.34. The molecule has 0 aliphatic heterocycles. The summed E-state index contributed by atoms with van der Waals surface area (Å²) in [5.41, 5.74) is 0.328. The molecule has 0 saturated heterocycles. The normalized spacial score (nSPS) is 10.1. The van der Waals surface area contributed by atoms with E-state index in [1.165, 1.54) is 12.1 Å². The van der Waals surface area contributed by atoms with E-state index >= 15 is 0 Å². The number of amides is 1. The highest BCUT2D eigenvalue weighted by atomic mass is 35.5. The lowest BCUT2D eigenvalue weighted by Crippen LogP contribution is -2.12. The third-order valence-electron chi connectivity index (χ3n) is 2.60. The van der Waals surface area contributed by atoms with Crippen molar-refractivity contribution < 1.29 is 19.8 Å². The minimum atomic E-state index is -1.24. The van der Waals surface area contributed by atoms with Crippen molar-refractivity contribution in [2.45, 2.75) is 0 Å². The van der Waals surface area contributed by atoms with Gasteiger partial charge >= 0.3 is 5.97 Å². The molecule has 1 amide bonds. The van der Waals surface area contributed by atoms with Gasteiger partial charge in [0, 0.05) is 11.8 Å². The monoisotopic (exact) mass is 291 g/mol. The van der Waals surface area contributed by atoms with Gasteiger partial charge in [0.1, 0.15) is 11.3 Å². The molecule has 2 aromatic carbocycles. The van der Waals surface area contributed by atoms with Crippen molar-refractivity contribution in [1.29, 1.82) is 0 Å². The van der Waals surface area contributed by atoms with E-state index in [0.717, 1.165) is 6.07 Å². The van der Waals surface area contributed by atoms with Gasteiger partial charge in [0.2, 0.25) is 0 Å². The molecule has 0 aliphatic rings. The summed E-state index contributed by atoms with van der Waals surface area (Å²) in [7, 11) is 0. The molecule has 102 valence electrons. The summed E-state index contributed by atoms with van der Waals surface area (Å²) in [4.78, 5) is 22.7. The van der Waals surface area contributed by atoms with E-state index in [9.17, 15) is 14.7 Å². The van der Waals surface area contributed by atoms with Gasteiger partial charge in [-0.05, 0) is 24.3 Å². The minimum Gasteiger partial charge on any atom is -0.507 e. The van der Waals surface area contributed by atoms with Gasteiger partial charge in [-0.15, -0.1) is 0 Å². The van der Waals surface area contributed by atoms with E-state index in [1.54, 1.807) is 24.3 Å². The number of carbonyl (C=O) groups excluding carboxylic acids is 1. The Balaban J connectivity index is 2.23. The van der Waals surface area contributed by atoms with Crippen molar-refractivity contribution in [1.82, 2.24) is 0 Å². The second-order valence-corrected chi connectivity index (χ2v) is 4.38. The Labute approximate surface area is 119 Å². The number of aromatic carboxylic acids is 1. The number of carboxylic acid groups (broad SMARTS) is 1. The SMILES string of the molecule is O=C(O)c1ccc(NC(=O)c2ccccc2Cl)cc1O. The summed E-state index contributed by atoms with van der Waals surface area (Å²) < 4.78 is 0. The number of hydrogen-bond acceptors (Lipinski definition) is 3.